The number of piperidine rings is 1. The van der Waals surface area contributed by atoms with Gasteiger partial charge in [-0.1, -0.05) is 6.92 Å². The van der Waals surface area contributed by atoms with Crippen LogP contribution in [0.4, 0.5) is 0 Å². The molecule has 102 valence electrons. The fraction of sp³-hybridized carbons (Fsp3) is 0.786. The van der Waals surface area contributed by atoms with Gasteiger partial charge in [0.2, 0.25) is 0 Å². The largest absolute Gasteiger partial charge is 0.316 e. The van der Waals surface area contributed by atoms with Crippen LogP contribution in [0.25, 0.3) is 0 Å². The second kappa shape index (κ2) is 7.22. The van der Waals surface area contributed by atoms with Crippen LogP contribution in [-0.4, -0.2) is 42.6 Å². The van der Waals surface area contributed by atoms with E-state index >= 15 is 0 Å². The molecule has 2 heterocycles. The van der Waals surface area contributed by atoms with Crippen LogP contribution in [0.3, 0.4) is 0 Å². The summed E-state index contributed by atoms with van der Waals surface area (Å²) in [5.74, 6) is 0.848. The van der Waals surface area contributed by atoms with Crippen LogP contribution >= 0.6 is 11.3 Å². The van der Waals surface area contributed by atoms with E-state index in [9.17, 15) is 0 Å². The molecule has 1 aliphatic rings. The Morgan fingerprint density at radius 2 is 2.44 bits per heavy atom. The van der Waals surface area contributed by atoms with Gasteiger partial charge in [0.15, 0.2) is 0 Å². The van der Waals surface area contributed by atoms with Crippen molar-refractivity contribution < 1.29 is 0 Å². The fourth-order valence-corrected chi connectivity index (χ4v) is 3.42. The number of hydrogen-bond donors (Lipinski definition) is 1. The van der Waals surface area contributed by atoms with Crippen molar-refractivity contribution in [3.63, 3.8) is 0 Å². The first-order valence-electron chi connectivity index (χ1n) is 7.11. The molecule has 3 nitrogen and oxygen atoms in total. The molecule has 4 heteroatoms. The van der Waals surface area contributed by atoms with Crippen molar-refractivity contribution in [1.29, 1.82) is 0 Å². The third-order valence-corrected chi connectivity index (χ3v) is 4.86. The molecule has 2 rings (SSSR count). The van der Waals surface area contributed by atoms with E-state index in [0.717, 1.165) is 18.9 Å². The maximum atomic E-state index is 4.33. The Labute approximate surface area is 115 Å². The van der Waals surface area contributed by atoms with E-state index in [1.54, 1.807) is 11.3 Å². The Hall–Kier alpha value is -0.450. The summed E-state index contributed by atoms with van der Waals surface area (Å²) in [7, 11) is 0. The van der Waals surface area contributed by atoms with Crippen molar-refractivity contribution in [3.05, 3.63) is 16.1 Å². The molecule has 0 spiro atoms. The first-order chi connectivity index (χ1) is 8.79. The number of hydrogen-bond acceptors (Lipinski definition) is 4. The first-order valence-corrected chi connectivity index (χ1v) is 7.99. The molecule has 0 saturated carbocycles. The Morgan fingerprint density at radius 1 is 1.56 bits per heavy atom. The van der Waals surface area contributed by atoms with Crippen LogP contribution < -0.4 is 5.32 Å². The van der Waals surface area contributed by atoms with Crippen LogP contribution in [0, 0.1) is 12.8 Å². The monoisotopic (exact) mass is 267 g/mol. The average Bonchev–Trinajstić information content (AvgIpc) is 2.81. The summed E-state index contributed by atoms with van der Waals surface area (Å²) in [6.45, 7) is 10.4. The van der Waals surface area contributed by atoms with Crippen molar-refractivity contribution in [3.8, 4) is 0 Å². The minimum absolute atomic E-state index is 0.848. The Kier molecular flexibility index (Phi) is 5.60. The topological polar surface area (TPSA) is 28.2 Å². The van der Waals surface area contributed by atoms with Gasteiger partial charge in [-0.25, -0.2) is 4.98 Å². The molecule has 18 heavy (non-hydrogen) atoms. The number of nitrogens with one attached hydrogen (secondary N) is 1. The van der Waals surface area contributed by atoms with Gasteiger partial charge in [-0.15, -0.1) is 11.3 Å². The molecule has 0 amide bonds. The summed E-state index contributed by atoms with van der Waals surface area (Å²) in [5.41, 5.74) is 3.18. The third-order valence-electron chi connectivity index (χ3n) is 3.86. The Balaban J connectivity index is 1.76. The van der Waals surface area contributed by atoms with Crippen LogP contribution in [0.15, 0.2) is 5.51 Å². The SMILES string of the molecule is CCN(CCc1scnc1C)CC1CCCNC1. The van der Waals surface area contributed by atoms with Gasteiger partial charge < -0.3 is 10.2 Å². The molecule has 1 saturated heterocycles. The van der Waals surface area contributed by atoms with Crippen LogP contribution in [0.5, 0.6) is 0 Å². The zero-order chi connectivity index (χ0) is 12.8. The van der Waals surface area contributed by atoms with E-state index in [1.807, 2.05) is 5.51 Å². The van der Waals surface area contributed by atoms with Gasteiger partial charge >= 0.3 is 0 Å². The van der Waals surface area contributed by atoms with Crippen molar-refractivity contribution in [2.75, 3.05) is 32.7 Å². The molecule has 1 N–H and O–H groups in total. The van der Waals surface area contributed by atoms with Gasteiger partial charge in [-0.3, -0.25) is 0 Å². The van der Waals surface area contributed by atoms with E-state index in [4.69, 9.17) is 0 Å². The van der Waals surface area contributed by atoms with E-state index in [1.165, 1.54) is 49.6 Å². The Bertz CT molecular complexity index is 345. The lowest BCUT2D eigenvalue weighted by Gasteiger charge is -2.29. The highest BCUT2D eigenvalue weighted by atomic mass is 32.1. The fourth-order valence-electron chi connectivity index (χ4n) is 2.65. The lowest BCUT2D eigenvalue weighted by molar-refractivity contribution is 0.218. The number of aryl methyl sites for hydroxylation is 1. The van der Waals surface area contributed by atoms with Gasteiger partial charge in [0.1, 0.15) is 0 Å². The third kappa shape index (κ3) is 4.04. The molecular formula is C14H25N3S. The number of nitrogens with zero attached hydrogens (tertiary/aromatic N) is 2. The molecule has 0 aromatic carbocycles. The molecule has 0 aliphatic carbocycles. The zero-order valence-corrected chi connectivity index (χ0v) is 12.4. The van der Waals surface area contributed by atoms with E-state index in [0.29, 0.717) is 0 Å². The standard InChI is InChI=1S/C14H25N3S/c1-3-17(10-13-5-4-7-15-9-13)8-6-14-12(2)16-11-18-14/h11,13,15H,3-10H2,1-2H3. The second-order valence-corrected chi connectivity index (χ2v) is 6.16. The quantitative estimate of drug-likeness (QED) is 0.857. The van der Waals surface area contributed by atoms with Crippen molar-refractivity contribution >= 4 is 11.3 Å². The summed E-state index contributed by atoms with van der Waals surface area (Å²) in [6, 6.07) is 0. The molecule has 1 atom stereocenters. The predicted octanol–water partition coefficient (Wildman–Crippen LogP) is 2.32. The molecule has 1 aromatic rings. The van der Waals surface area contributed by atoms with Crippen molar-refractivity contribution in [2.24, 2.45) is 5.92 Å². The molecule has 1 unspecified atom stereocenters. The minimum Gasteiger partial charge on any atom is -0.316 e. The van der Waals surface area contributed by atoms with Crippen LogP contribution in [0.2, 0.25) is 0 Å². The van der Waals surface area contributed by atoms with E-state index in [-0.39, 0.29) is 0 Å². The van der Waals surface area contributed by atoms with Crippen LogP contribution in [-0.2, 0) is 6.42 Å². The lowest BCUT2D eigenvalue weighted by Crippen LogP contribution is -2.39. The lowest BCUT2D eigenvalue weighted by atomic mass is 9.99. The number of rotatable bonds is 6. The minimum atomic E-state index is 0.848. The summed E-state index contributed by atoms with van der Waals surface area (Å²) < 4.78 is 0. The maximum absolute atomic E-state index is 4.33. The highest BCUT2D eigenvalue weighted by Crippen LogP contribution is 2.15. The summed E-state index contributed by atoms with van der Waals surface area (Å²) >= 11 is 1.80. The normalized spacial score (nSPS) is 20.5. The summed E-state index contributed by atoms with van der Waals surface area (Å²) in [5, 5.41) is 3.51. The smallest absolute Gasteiger partial charge is 0.0797 e. The summed E-state index contributed by atoms with van der Waals surface area (Å²) in [6.07, 6.45) is 3.89. The van der Waals surface area contributed by atoms with Crippen LogP contribution in [0.1, 0.15) is 30.3 Å². The molecule has 1 fully saturated rings. The maximum Gasteiger partial charge on any atom is 0.0797 e. The predicted molar refractivity (Wildman–Crippen MR) is 78.3 cm³/mol. The van der Waals surface area contributed by atoms with Crippen molar-refractivity contribution in [1.82, 2.24) is 15.2 Å². The van der Waals surface area contributed by atoms with Gasteiger partial charge in [0.25, 0.3) is 0 Å². The molecular weight excluding hydrogens is 242 g/mol. The van der Waals surface area contributed by atoms with Gasteiger partial charge in [0, 0.05) is 18.0 Å². The van der Waals surface area contributed by atoms with Gasteiger partial charge in [-0.05, 0) is 51.7 Å². The van der Waals surface area contributed by atoms with E-state index < -0.39 is 0 Å². The number of thiazole rings is 1. The highest BCUT2D eigenvalue weighted by Gasteiger charge is 2.16. The van der Waals surface area contributed by atoms with Gasteiger partial charge in [0.05, 0.1) is 11.2 Å². The number of aromatic nitrogens is 1. The van der Waals surface area contributed by atoms with E-state index in [2.05, 4.69) is 29.0 Å². The first kappa shape index (κ1) is 14.0. The second-order valence-electron chi connectivity index (χ2n) is 5.22. The summed E-state index contributed by atoms with van der Waals surface area (Å²) in [4.78, 5) is 8.37. The molecule has 1 aliphatic heterocycles. The number of likely N-dealkylation sites (N-methyl/N-ethyl adjacent to an activating group) is 1. The zero-order valence-electron chi connectivity index (χ0n) is 11.6. The molecule has 0 bridgehead atoms. The van der Waals surface area contributed by atoms with Crippen molar-refractivity contribution in [2.45, 2.75) is 33.1 Å². The van der Waals surface area contributed by atoms with Gasteiger partial charge in [-0.2, -0.15) is 0 Å². The molecule has 0 radical (unpaired) electrons. The molecule has 1 aromatic heterocycles. The Morgan fingerprint density at radius 3 is 3.06 bits per heavy atom. The highest BCUT2D eigenvalue weighted by molar-refractivity contribution is 7.09. The average molecular weight is 267 g/mol.